The summed E-state index contributed by atoms with van der Waals surface area (Å²) in [5.41, 5.74) is 0. The number of ether oxygens (including phenoxy) is 2. The Morgan fingerprint density at radius 2 is 0.797 bits per heavy atom. The first kappa shape index (κ1) is 73.1. The Morgan fingerprint density at radius 1 is 0.443 bits per heavy atom. The standard InChI is InChI=1S/C70H115NO8/c1-3-5-7-9-11-13-15-17-19-21-23-24-25-26-27-28-29-30-31-32-33-34-35-36-37-38-39-40-42-44-46-48-50-52-54-56-58-60-66(74)71-63(62-78-70-69(77)68(76)67(75)65(61-72)79-70)64(73)59-57-55-53-51-49-47-45-43-41-22-20-18-16-14-12-10-8-6-4-2/h5,7,11,13,17,19,23-24,26-27,29-30,32-33,35-36,38-39,41,43,49,51,57,59,63-65,67-70,72-73,75-77H,3-4,6,8-10,12,14-16,18,20-22,25,28,31,34,37,40,42,44-48,50,52-56,58,60-62H2,1-2H3,(H,71,74)/b7-5-,13-11-,19-17-,24-23-,27-26-,30-29-,33-32-,36-35-,39-38-,43-41+,51-49+,59-57+. The van der Waals surface area contributed by atoms with Crippen LogP contribution in [0.3, 0.4) is 0 Å². The summed E-state index contributed by atoms with van der Waals surface area (Å²) in [4.78, 5) is 13.1. The van der Waals surface area contributed by atoms with Crippen LogP contribution in [0.25, 0.3) is 0 Å². The molecule has 0 aromatic heterocycles. The number of carbonyl (C=O) groups is 1. The van der Waals surface area contributed by atoms with Crippen molar-refractivity contribution in [2.45, 2.75) is 275 Å². The van der Waals surface area contributed by atoms with E-state index in [1.165, 1.54) is 89.9 Å². The Balaban J connectivity index is 2.21. The molecular formula is C70H115NO8. The molecule has 0 spiro atoms. The first-order valence-corrected chi connectivity index (χ1v) is 31.6. The summed E-state index contributed by atoms with van der Waals surface area (Å²) in [6.07, 6.45) is 82.0. The van der Waals surface area contributed by atoms with Crippen molar-refractivity contribution in [3.8, 4) is 0 Å². The zero-order valence-corrected chi connectivity index (χ0v) is 49.8. The Hall–Kier alpha value is -3.93. The van der Waals surface area contributed by atoms with Gasteiger partial charge >= 0.3 is 0 Å². The van der Waals surface area contributed by atoms with E-state index in [2.05, 4.69) is 153 Å². The highest BCUT2D eigenvalue weighted by Crippen LogP contribution is 2.23. The van der Waals surface area contributed by atoms with Crippen LogP contribution in [0.15, 0.2) is 146 Å². The van der Waals surface area contributed by atoms with E-state index >= 15 is 0 Å². The fourth-order valence-electron chi connectivity index (χ4n) is 8.94. The summed E-state index contributed by atoms with van der Waals surface area (Å²) in [5.74, 6) is -0.203. The van der Waals surface area contributed by atoms with Crippen molar-refractivity contribution in [2.24, 2.45) is 0 Å². The van der Waals surface area contributed by atoms with Crippen LogP contribution in [-0.4, -0.2) is 87.5 Å². The number of allylic oxidation sites excluding steroid dienone is 23. The normalized spacial score (nSPS) is 19.6. The third-order valence-electron chi connectivity index (χ3n) is 13.9. The average molecular weight is 1100 g/mol. The predicted molar refractivity (Wildman–Crippen MR) is 336 cm³/mol. The van der Waals surface area contributed by atoms with Crippen LogP contribution in [0.4, 0.5) is 0 Å². The van der Waals surface area contributed by atoms with Crippen molar-refractivity contribution in [2.75, 3.05) is 13.2 Å². The Bertz CT molecular complexity index is 1750. The quantitative estimate of drug-likeness (QED) is 0.0261. The van der Waals surface area contributed by atoms with E-state index in [0.717, 1.165) is 122 Å². The number of nitrogens with one attached hydrogen (secondary N) is 1. The molecule has 0 bridgehead atoms. The maximum absolute atomic E-state index is 13.1. The van der Waals surface area contributed by atoms with Gasteiger partial charge in [-0.1, -0.05) is 256 Å². The minimum absolute atomic E-state index is 0.203. The van der Waals surface area contributed by atoms with Crippen molar-refractivity contribution >= 4 is 5.91 Å². The summed E-state index contributed by atoms with van der Waals surface area (Å²) in [6, 6.07) is -0.843. The van der Waals surface area contributed by atoms with Gasteiger partial charge in [0.15, 0.2) is 6.29 Å². The third kappa shape index (κ3) is 46.4. The van der Waals surface area contributed by atoms with Gasteiger partial charge in [0.1, 0.15) is 24.4 Å². The molecule has 1 heterocycles. The van der Waals surface area contributed by atoms with E-state index in [1.807, 2.05) is 6.08 Å². The van der Waals surface area contributed by atoms with Crippen LogP contribution in [0.5, 0.6) is 0 Å². The van der Waals surface area contributed by atoms with Gasteiger partial charge in [-0.15, -0.1) is 0 Å². The molecule has 0 aromatic carbocycles. The number of amides is 1. The zero-order valence-electron chi connectivity index (χ0n) is 49.8. The largest absolute Gasteiger partial charge is 0.394 e. The topological polar surface area (TPSA) is 149 Å². The van der Waals surface area contributed by atoms with Gasteiger partial charge in [-0.3, -0.25) is 4.79 Å². The summed E-state index contributed by atoms with van der Waals surface area (Å²) in [5, 5.41) is 54.5. The second-order valence-electron chi connectivity index (χ2n) is 21.1. The molecule has 448 valence electrons. The van der Waals surface area contributed by atoms with Crippen LogP contribution in [0, 0.1) is 0 Å². The Kier molecular flexibility index (Phi) is 53.0. The number of unbranched alkanes of at least 4 members (excludes halogenated alkanes) is 20. The molecule has 9 nitrogen and oxygen atoms in total. The number of carbonyl (C=O) groups excluding carboxylic acids is 1. The lowest BCUT2D eigenvalue weighted by Crippen LogP contribution is -2.60. The summed E-state index contributed by atoms with van der Waals surface area (Å²) in [6.45, 7) is 3.63. The highest BCUT2D eigenvalue weighted by atomic mass is 16.7. The molecule has 79 heavy (non-hydrogen) atoms. The minimum atomic E-state index is -1.58. The van der Waals surface area contributed by atoms with E-state index in [-0.39, 0.29) is 12.5 Å². The number of hydrogen-bond donors (Lipinski definition) is 6. The van der Waals surface area contributed by atoms with Crippen molar-refractivity contribution in [3.63, 3.8) is 0 Å². The monoisotopic (exact) mass is 1100 g/mol. The van der Waals surface area contributed by atoms with E-state index in [4.69, 9.17) is 9.47 Å². The fourth-order valence-corrected chi connectivity index (χ4v) is 8.94. The smallest absolute Gasteiger partial charge is 0.220 e. The summed E-state index contributed by atoms with van der Waals surface area (Å²) in [7, 11) is 0. The molecule has 1 aliphatic rings. The van der Waals surface area contributed by atoms with Crippen molar-refractivity contribution in [1.29, 1.82) is 0 Å². The summed E-state index contributed by atoms with van der Waals surface area (Å²) < 4.78 is 11.3. The van der Waals surface area contributed by atoms with Gasteiger partial charge in [-0.05, 0) is 116 Å². The van der Waals surface area contributed by atoms with Crippen LogP contribution >= 0.6 is 0 Å². The fraction of sp³-hybridized carbons (Fsp3) is 0.643. The third-order valence-corrected chi connectivity index (χ3v) is 13.9. The average Bonchev–Trinajstić information content (AvgIpc) is 3.46. The van der Waals surface area contributed by atoms with Gasteiger partial charge < -0.3 is 40.3 Å². The van der Waals surface area contributed by atoms with Gasteiger partial charge in [-0.25, -0.2) is 0 Å². The maximum atomic E-state index is 13.1. The molecule has 7 atom stereocenters. The molecule has 0 aliphatic carbocycles. The second-order valence-corrected chi connectivity index (χ2v) is 21.1. The molecule has 1 fully saturated rings. The molecule has 1 amide bonds. The molecular weight excluding hydrogens is 983 g/mol. The zero-order chi connectivity index (χ0) is 57.2. The van der Waals surface area contributed by atoms with Crippen molar-refractivity contribution < 1.29 is 39.8 Å². The SMILES string of the molecule is CC/C=C\C/C=C\C/C=C\C/C=C\C/C=C\C/C=C\C/C=C\C/C=C\C/C=C\CCCCCCCCCCCC(=O)NC(COC1OC(CO)C(O)C(O)C1O)C(O)/C=C/CC/C=C/CC/C=C/CCCCCCCCCCC. The molecule has 1 saturated heterocycles. The minimum Gasteiger partial charge on any atom is -0.394 e. The first-order chi connectivity index (χ1) is 38.8. The Morgan fingerprint density at radius 3 is 1.22 bits per heavy atom. The molecule has 9 heteroatoms. The molecule has 6 N–H and O–H groups in total. The number of aliphatic hydroxyl groups is 5. The van der Waals surface area contributed by atoms with Gasteiger partial charge in [-0.2, -0.15) is 0 Å². The molecule has 0 radical (unpaired) electrons. The van der Waals surface area contributed by atoms with Crippen LogP contribution < -0.4 is 5.32 Å². The van der Waals surface area contributed by atoms with E-state index in [1.54, 1.807) is 6.08 Å². The number of hydrogen-bond acceptors (Lipinski definition) is 8. The van der Waals surface area contributed by atoms with Crippen LogP contribution in [-0.2, 0) is 14.3 Å². The van der Waals surface area contributed by atoms with Crippen molar-refractivity contribution in [3.05, 3.63) is 146 Å². The van der Waals surface area contributed by atoms with Gasteiger partial charge in [0.2, 0.25) is 5.91 Å². The van der Waals surface area contributed by atoms with Crippen LogP contribution in [0.2, 0.25) is 0 Å². The number of rotatable bonds is 52. The molecule has 1 rings (SSSR count). The molecule has 7 unspecified atom stereocenters. The van der Waals surface area contributed by atoms with E-state index in [0.29, 0.717) is 6.42 Å². The lowest BCUT2D eigenvalue weighted by atomic mass is 9.99. The Labute approximate surface area is 483 Å². The van der Waals surface area contributed by atoms with Gasteiger partial charge in [0.25, 0.3) is 0 Å². The van der Waals surface area contributed by atoms with Crippen LogP contribution in [0.1, 0.15) is 232 Å². The first-order valence-electron chi connectivity index (χ1n) is 31.6. The van der Waals surface area contributed by atoms with Gasteiger partial charge in [0.05, 0.1) is 25.4 Å². The van der Waals surface area contributed by atoms with Crippen molar-refractivity contribution in [1.82, 2.24) is 5.32 Å². The second kappa shape index (κ2) is 57.3. The molecule has 0 saturated carbocycles. The van der Waals surface area contributed by atoms with Gasteiger partial charge in [0, 0.05) is 6.42 Å². The maximum Gasteiger partial charge on any atom is 0.220 e. The van der Waals surface area contributed by atoms with E-state index < -0.39 is 49.5 Å². The van der Waals surface area contributed by atoms with E-state index in [9.17, 15) is 30.3 Å². The highest BCUT2D eigenvalue weighted by Gasteiger charge is 2.44. The summed E-state index contributed by atoms with van der Waals surface area (Å²) >= 11 is 0. The number of aliphatic hydroxyl groups excluding tert-OH is 5. The highest BCUT2D eigenvalue weighted by molar-refractivity contribution is 5.76. The predicted octanol–water partition coefficient (Wildman–Crippen LogP) is 16.6. The molecule has 1 aliphatic heterocycles. The lowest BCUT2D eigenvalue weighted by Gasteiger charge is -2.40. The lowest BCUT2D eigenvalue weighted by molar-refractivity contribution is -0.302. The molecule has 0 aromatic rings.